The number of rotatable bonds is 3. The summed E-state index contributed by atoms with van der Waals surface area (Å²) in [6, 6.07) is 2.63. The lowest BCUT2D eigenvalue weighted by Gasteiger charge is -2.10. The molecular formula is C12H16N4. The SMILES string of the molecule is c1cnc2ncc(CNC3CCCC3)n2c1. The van der Waals surface area contributed by atoms with Gasteiger partial charge in [0.25, 0.3) is 0 Å². The smallest absolute Gasteiger partial charge is 0.233 e. The summed E-state index contributed by atoms with van der Waals surface area (Å²) in [6.07, 6.45) is 11.1. The van der Waals surface area contributed by atoms with Crippen molar-refractivity contribution in [2.75, 3.05) is 0 Å². The molecule has 84 valence electrons. The fourth-order valence-corrected chi connectivity index (χ4v) is 2.39. The molecule has 16 heavy (non-hydrogen) atoms. The van der Waals surface area contributed by atoms with Crippen molar-refractivity contribution in [3.8, 4) is 0 Å². The largest absolute Gasteiger partial charge is 0.308 e. The molecule has 0 radical (unpaired) electrons. The van der Waals surface area contributed by atoms with Crippen LogP contribution in [0.4, 0.5) is 0 Å². The molecule has 1 fully saturated rings. The Morgan fingerprint density at radius 2 is 2.19 bits per heavy atom. The minimum absolute atomic E-state index is 0.697. The molecule has 0 aromatic carbocycles. The maximum absolute atomic E-state index is 4.28. The lowest BCUT2D eigenvalue weighted by molar-refractivity contribution is 0.518. The lowest BCUT2D eigenvalue weighted by Crippen LogP contribution is -2.25. The van der Waals surface area contributed by atoms with Gasteiger partial charge in [-0.2, -0.15) is 0 Å². The number of nitrogens with one attached hydrogen (secondary N) is 1. The molecule has 1 aliphatic carbocycles. The van der Waals surface area contributed by atoms with E-state index in [1.54, 1.807) is 6.20 Å². The third-order valence-corrected chi connectivity index (χ3v) is 3.29. The Kier molecular flexibility index (Phi) is 2.58. The van der Waals surface area contributed by atoms with Crippen LogP contribution < -0.4 is 5.32 Å². The molecule has 0 saturated heterocycles. The van der Waals surface area contributed by atoms with Gasteiger partial charge in [0.15, 0.2) is 0 Å². The summed E-state index contributed by atoms with van der Waals surface area (Å²) in [6.45, 7) is 0.886. The Balaban J connectivity index is 1.73. The van der Waals surface area contributed by atoms with Gasteiger partial charge >= 0.3 is 0 Å². The molecule has 1 aliphatic rings. The number of imidazole rings is 1. The van der Waals surface area contributed by atoms with Crippen molar-refractivity contribution in [2.45, 2.75) is 38.3 Å². The minimum Gasteiger partial charge on any atom is -0.308 e. The predicted molar refractivity (Wildman–Crippen MR) is 62.1 cm³/mol. The first-order valence-corrected chi connectivity index (χ1v) is 5.94. The van der Waals surface area contributed by atoms with E-state index < -0.39 is 0 Å². The quantitative estimate of drug-likeness (QED) is 0.850. The second-order valence-electron chi connectivity index (χ2n) is 4.40. The fourth-order valence-electron chi connectivity index (χ4n) is 2.39. The first kappa shape index (κ1) is 9.78. The molecule has 2 aromatic heterocycles. The average molecular weight is 216 g/mol. The summed E-state index contributed by atoms with van der Waals surface area (Å²) in [5.74, 6) is 0.783. The van der Waals surface area contributed by atoms with E-state index in [0.29, 0.717) is 6.04 Å². The van der Waals surface area contributed by atoms with E-state index in [2.05, 4.69) is 15.3 Å². The van der Waals surface area contributed by atoms with Gasteiger partial charge in [0.2, 0.25) is 5.78 Å². The molecule has 1 saturated carbocycles. The van der Waals surface area contributed by atoms with Crippen molar-refractivity contribution in [1.82, 2.24) is 19.7 Å². The van der Waals surface area contributed by atoms with Crippen LogP contribution in [-0.4, -0.2) is 20.4 Å². The minimum atomic E-state index is 0.697. The Hall–Kier alpha value is -1.42. The highest BCUT2D eigenvalue weighted by atomic mass is 15.1. The molecule has 0 bridgehead atoms. The molecule has 1 N–H and O–H groups in total. The van der Waals surface area contributed by atoms with Crippen LogP contribution in [0.1, 0.15) is 31.4 Å². The summed E-state index contributed by atoms with van der Waals surface area (Å²) in [4.78, 5) is 8.48. The highest BCUT2D eigenvalue weighted by molar-refractivity contribution is 5.30. The molecule has 2 heterocycles. The third kappa shape index (κ3) is 1.80. The maximum atomic E-state index is 4.28. The van der Waals surface area contributed by atoms with Gasteiger partial charge in [0.1, 0.15) is 0 Å². The molecule has 0 unspecified atom stereocenters. The summed E-state index contributed by atoms with van der Waals surface area (Å²) in [7, 11) is 0. The Labute approximate surface area is 94.7 Å². The Morgan fingerprint density at radius 1 is 1.31 bits per heavy atom. The molecule has 4 heteroatoms. The summed E-state index contributed by atoms with van der Waals surface area (Å²) in [5, 5.41) is 3.59. The van der Waals surface area contributed by atoms with Crippen molar-refractivity contribution in [1.29, 1.82) is 0 Å². The average Bonchev–Trinajstić information content (AvgIpc) is 2.96. The van der Waals surface area contributed by atoms with Crippen molar-refractivity contribution < 1.29 is 0 Å². The fraction of sp³-hybridized carbons (Fsp3) is 0.500. The molecule has 0 atom stereocenters. The van der Waals surface area contributed by atoms with Crippen LogP contribution >= 0.6 is 0 Å². The van der Waals surface area contributed by atoms with Crippen molar-refractivity contribution >= 4 is 5.78 Å². The number of fused-ring (bicyclic) bond motifs is 1. The van der Waals surface area contributed by atoms with Crippen LogP contribution in [0.15, 0.2) is 24.7 Å². The van der Waals surface area contributed by atoms with Gasteiger partial charge in [0, 0.05) is 25.0 Å². The van der Waals surface area contributed by atoms with Gasteiger partial charge in [-0.15, -0.1) is 0 Å². The van der Waals surface area contributed by atoms with Crippen LogP contribution in [0.25, 0.3) is 5.78 Å². The van der Waals surface area contributed by atoms with Crippen molar-refractivity contribution in [3.05, 3.63) is 30.4 Å². The van der Waals surface area contributed by atoms with Crippen LogP contribution in [0.3, 0.4) is 0 Å². The van der Waals surface area contributed by atoms with Crippen molar-refractivity contribution in [2.24, 2.45) is 0 Å². The highest BCUT2D eigenvalue weighted by Crippen LogP contribution is 2.18. The van der Waals surface area contributed by atoms with Gasteiger partial charge in [-0.25, -0.2) is 9.97 Å². The third-order valence-electron chi connectivity index (χ3n) is 3.29. The van der Waals surface area contributed by atoms with Crippen LogP contribution in [0.5, 0.6) is 0 Å². The van der Waals surface area contributed by atoms with E-state index in [1.807, 2.05) is 22.9 Å². The normalized spacial score (nSPS) is 17.2. The molecule has 0 amide bonds. The Morgan fingerprint density at radius 3 is 3.06 bits per heavy atom. The second-order valence-corrected chi connectivity index (χ2v) is 4.40. The van der Waals surface area contributed by atoms with E-state index in [-0.39, 0.29) is 0 Å². The van der Waals surface area contributed by atoms with Gasteiger partial charge in [-0.3, -0.25) is 4.40 Å². The maximum Gasteiger partial charge on any atom is 0.233 e. The molecule has 2 aromatic rings. The zero-order chi connectivity index (χ0) is 10.8. The number of nitrogens with zero attached hydrogens (tertiary/aromatic N) is 3. The molecule has 3 rings (SSSR count). The summed E-state index contributed by atoms with van der Waals surface area (Å²) in [5.41, 5.74) is 1.19. The Bertz CT molecular complexity index is 471. The van der Waals surface area contributed by atoms with E-state index in [0.717, 1.165) is 12.3 Å². The van der Waals surface area contributed by atoms with Gasteiger partial charge in [-0.05, 0) is 18.9 Å². The number of hydrogen-bond donors (Lipinski definition) is 1. The topological polar surface area (TPSA) is 42.2 Å². The van der Waals surface area contributed by atoms with Crippen LogP contribution in [0.2, 0.25) is 0 Å². The van der Waals surface area contributed by atoms with Crippen LogP contribution in [0, 0.1) is 0 Å². The van der Waals surface area contributed by atoms with Gasteiger partial charge < -0.3 is 5.32 Å². The summed E-state index contributed by atoms with van der Waals surface area (Å²) >= 11 is 0. The zero-order valence-corrected chi connectivity index (χ0v) is 9.26. The molecule has 0 spiro atoms. The molecule has 0 aliphatic heterocycles. The van der Waals surface area contributed by atoms with Crippen LogP contribution in [-0.2, 0) is 6.54 Å². The molecule has 4 nitrogen and oxygen atoms in total. The van der Waals surface area contributed by atoms with Crippen molar-refractivity contribution in [3.63, 3.8) is 0 Å². The standard InChI is InChI=1S/C12H16N4/c1-2-5-10(4-1)14-8-11-9-15-12-13-6-3-7-16(11)12/h3,6-7,9-10,14H,1-2,4-5,8H2. The van der Waals surface area contributed by atoms with Gasteiger partial charge in [0.05, 0.1) is 11.9 Å². The van der Waals surface area contributed by atoms with E-state index in [4.69, 9.17) is 0 Å². The highest BCUT2D eigenvalue weighted by Gasteiger charge is 2.14. The predicted octanol–water partition coefficient (Wildman–Crippen LogP) is 1.76. The van der Waals surface area contributed by atoms with E-state index in [1.165, 1.54) is 31.4 Å². The molecular weight excluding hydrogens is 200 g/mol. The van der Waals surface area contributed by atoms with E-state index in [9.17, 15) is 0 Å². The number of hydrogen-bond acceptors (Lipinski definition) is 3. The second kappa shape index (κ2) is 4.22. The lowest BCUT2D eigenvalue weighted by atomic mass is 10.2. The number of aromatic nitrogens is 3. The summed E-state index contributed by atoms with van der Waals surface area (Å²) < 4.78 is 2.04. The first-order valence-electron chi connectivity index (χ1n) is 5.94. The van der Waals surface area contributed by atoms with Gasteiger partial charge in [-0.1, -0.05) is 12.8 Å². The first-order chi connectivity index (χ1) is 7.93. The van der Waals surface area contributed by atoms with E-state index >= 15 is 0 Å². The monoisotopic (exact) mass is 216 g/mol. The zero-order valence-electron chi connectivity index (χ0n) is 9.26.